The van der Waals surface area contributed by atoms with E-state index in [9.17, 15) is 15.0 Å². The molecule has 4 nitrogen and oxygen atoms in total. The molecule has 1 aliphatic heterocycles. The number of carbonyl (C=O) groups is 1. The van der Waals surface area contributed by atoms with Crippen LogP contribution in [0, 0.1) is 5.92 Å². The molecule has 0 bridgehead atoms. The number of allylic oxidation sites excluding steroid dienone is 2. The fourth-order valence-corrected chi connectivity index (χ4v) is 3.88. The third-order valence-corrected chi connectivity index (χ3v) is 5.13. The molecule has 3 atom stereocenters. The number of hydrogen-bond donors (Lipinski definition) is 3. The van der Waals surface area contributed by atoms with E-state index in [4.69, 9.17) is 0 Å². The van der Waals surface area contributed by atoms with Gasteiger partial charge in [-0.15, -0.1) is 0 Å². The third kappa shape index (κ3) is 2.26. The van der Waals surface area contributed by atoms with E-state index in [0.717, 1.165) is 28.8 Å². The van der Waals surface area contributed by atoms with Crippen LogP contribution < -0.4 is 5.32 Å². The van der Waals surface area contributed by atoms with Gasteiger partial charge in [0, 0.05) is 17.2 Å². The fourth-order valence-electron chi connectivity index (χ4n) is 3.88. The van der Waals surface area contributed by atoms with Crippen molar-refractivity contribution in [3.63, 3.8) is 0 Å². The zero-order chi connectivity index (χ0) is 16.8. The van der Waals surface area contributed by atoms with Crippen LogP contribution in [-0.2, 0) is 0 Å². The molecule has 0 fully saturated rings. The number of phenolic OH excluding ortho intramolecular Hbond substituents is 2. The Hall–Kier alpha value is -2.75. The molecule has 2 aromatic rings. The Kier molecular flexibility index (Phi) is 3.34. The number of Topliss-reactive ketones (excluding diaryl/α,β-unsaturated/α-hetero) is 1. The van der Waals surface area contributed by atoms with Crippen molar-refractivity contribution in [2.45, 2.75) is 25.3 Å². The normalized spacial score (nSPS) is 24.1. The summed E-state index contributed by atoms with van der Waals surface area (Å²) in [6.07, 6.45) is 5.33. The summed E-state index contributed by atoms with van der Waals surface area (Å²) in [4.78, 5) is 11.7. The van der Waals surface area contributed by atoms with Crippen LogP contribution in [-0.4, -0.2) is 16.0 Å². The highest BCUT2D eigenvalue weighted by Crippen LogP contribution is 2.50. The van der Waals surface area contributed by atoms with Crippen molar-refractivity contribution < 1.29 is 15.0 Å². The minimum absolute atomic E-state index is 0.0483. The Balaban J connectivity index is 1.78. The first-order valence-corrected chi connectivity index (χ1v) is 8.14. The second-order valence-electron chi connectivity index (χ2n) is 6.58. The first-order valence-electron chi connectivity index (χ1n) is 8.14. The lowest BCUT2D eigenvalue weighted by Gasteiger charge is -2.37. The molecule has 4 rings (SSSR count). The van der Waals surface area contributed by atoms with Gasteiger partial charge >= 0.3 is 0 Å². The summed E-state index contributed by atoms with van der Waals surface area (Å²) in [5, 5.41) is 22.9. The molecule has 0 amide bonds. The maximum Gasteiger partial charge on any atom is 0.159 e. The summed E-state index contributed by atoms with van der Waals surface area (Å²) in [6.45, 7) is 1.59. The van der Waals surface area contributed by atoms with Gasteiger partial charge < -0.3 is 15.5 Å². The van der Waals surface area contributed by atoms with E-state index in [1.165, 1.54) is 6.07 Å². The van der Waals surface area contributed by atoms with Gasteiger partial charge in [-0.3, -0.25) is 4.79 Å². The first kappa shape index (κ1) is 14.8. The monoisotopic (exact) mass is 321 g/mol. The molecule has 1 aliphatic carbocycles. The summed E-state index contributed by atoms with van der Waals surface area (Å²) in [5.74, 6) is 0.434. The lowest BCUT2D eigenvalue weighted by atomic mass is 9.76. The van der Waals surface area contributed by atoms with E-state index >= 15 is 0 Å². The number of anilines is 1. The SMILES string of the molecule is CC(=O)c1ccc2c(c1)[C@@H]1C=CC[C@@H]1[C@H](c1ccc(O)c(O)c1)N2. The number of nitrogens with one attached hydrogen (secondary N) is 1. The topological polar surface area (TPSA) is 69.6 Å². The highest BCUT2D eigenvalue weighted by molar-refractivity contribution is 5.95. The van der Waals surface area contributed by atoms with Crippen molar-refractivity contribution in [3.8, 4) is 11.5 Å². The molecule has 0 saturated heterocycles. The molecule has 24 heavy (non-hydrogen) atoms. The van der Waals surface area contributed by atoms with Crippen LogP contribution in [0.5, 0.6) is 11.5 Å². The Morgan fingerprint density at radius 2 is 1.96 bits per heavy atom. The Morgan fingerprint density at radius 1 is 1.12 bits per heavy atom. The Labute approximate surface area is 140 Å². The predicted molar refractivity (Wildman–Crippen MR) is 92.6 cm³/mol. The lowest BCUT2D eigenvalue weighted by molar-refractivity contribution is 0.101. The van der Waals surface area contributed by atoms with E-state index in [1.807, 2.05) is 24.3 Å². The van der Waals surface area contributed by atoms with Crippen LogP contribution in [0.25, 0.3) is 0 Å². The van der Waals surface area contributed by atoms with Gasteiger partial charge in [-0.1, -0.05) is 18.2 Å². The van der Waals surface area contributed by atoms with Gasteiger partial charge in [0.15, 0.2) is 17.3 Å². The summed E-state index contributed by atoms with van der Waals surface area (Å²) >= 11 is 0. The number of hydrogen-bond acceptors (Lipinski definition) is 4. The molecule has 0 aromatic heterocycles. The third-order valence-electron chi connectivity index (χ3n) is 5.13. The number of carbonyl (C=O) groups excluding carboxylic acids is 1. The molecule has 2 aromatic carbocycles. The molecular weight excluding hydrogens is 302 g/mol. The van der Waals surface area contributed by atoms with Crippen molar-refractivity contribution in [3.05, 3.63) is 65.2 Å². The average molecular weight is 321 g/mol. The zero-order valence-corrected chi connectivity index (χ0v) is 13.4. The summed E-state index contributed by atoms with van der Waals surface area (Å²) in [6, 6.07) is 10.8. The van der Waals surface area contributed by atoms with E-state index < -0.39 is 0 Å². The molecule has 2 aliphatic rings. The van der Waals surface area contributed by atoms with Crippen molar-refractivity contribution in [2.75, 3.05) is 5.32 Å². The Morgan fingerprint density at radius 3 is 2.71 bits per heavy atom. The number of phenols is 2. The number of aromatic hydroxyl groups is 2. The van der Waals surface area contributed by atoms with E-state index in [2.05, 4.69) is 17.5 Å². The van der Waals surface area contributed by atoms with Crippen LogP contribution in [0.2, 0.25) is 0 Å². The smallest absolute Gasteiger partial charge is 0.159 e. The maximum atomic E-state index is 11.7. The quantitative estimate of drug-likeness (QED) is 0.442. The van der Waals surface area contributed by atoms with Gasteiger partial charge in [-0.2, -0.15) is 0 Å². The number of benzene rings is 2. The van der Waals surface area contributed by atoms with Gasteiger partial charge in [-0.25, -0.2) is 0 Å². The van der Waals surface area contributed by atoms with Crippen LogP contribution in [0.4, 0.5) is 5.69 Å². The number of ketones is 1. The molecular formula is C20H19NO3. The lowest BCUT2D eigenvalue weighted by Crippen LogP contribution is -2.29. The highest BCUT2D eigenvalue weighted by atomic mass is 16.3. The average Bonchev–Trinajstić information content (AvgIpc) is 3.06. The van der Waals surface area contributed by atoms with Gasteiger partial charge in [-0.05, 0) is 60.7 Å². The molecule has 122 valence electrons. The molecule has 0 unspecified atom stereocenters. The summed E-state index contributed by atoms with van der Waals surface area (Å²) in [5.41, 5.74) is 3.85. The second kappa shape index (κ2) is 5.41. The summed E-state index contributed by atoms with van der Waals surface area (Å²) in [7, 11) is 0. The van der Waals surface area contributed by atoms with E-state index in [0.29, 0.717) is 5.92 Å². The number of fused-ring (bicyclic) bond motifs is 3. The van der Waals surface area contributed by atoms with Gasteiger partial charge in [0.1, 0.15) is 0 Å². The standard InChI is InChI=1S/C20H19NO3/c1-11(22)12-5-7-17-16(9-12)14-3-2-4-15(14)20(21-17)13-6-8-18(23)19(24)10-13/h2-3,5-10,14-15,20-21,23-24H,4H2,1H3/t14-,15+,20+/m1/s1. The fraction of sp³-hybridized carbons (Fsp3) is 0.250. The molecule has 4 heteroatoms. The maximum absolute atomic E-state index is 11.7. The summed E-state index contributed by atoms with van der Waals surface area (Å²) < 4.78 is 0. The van der Waals surface area contributed by atoms with Crippen LogP contribution in [0.15, 0.2) is 48.6 Å². The largest absolute Gasteiger partial charge is 0.504 e. The minimum atomic E-state index is -0.109. The van der Waals surface area contributed by atoms with Gasteiger partial charge in [0.25, 0.3) is 0 Å². The van der Waals surface area contributed by atoms with E-state index in [1.54, 1.807) is 13.0 Å². The van der Waals surface area contributed by atoms with Gasteiger partial charge in [0.2, 0.25) is 0 Å². The second-order valence-corrected chi connectivity index (χ2v) is 6.58. The van der Waals surface area contributed by atoms with Crippen LogP contribution in [0.1, 0.15) is 46.8 Å². The molecule has 0 spiro atoms. The predicted octanol–water partition coefficient (Wildman–Crippen LogP) is 4.13. The molecule has 1 heterocycles. The van der Waals surface area contributed by atoms with Crippen molar-refractivity contribution in [2.24, 2.45) is 5.92 Å². The van der Waals surface area contributed by atoms with E-state index in [-0.39, 0.29) is 29.2 Å². The van der Waals surface area contributed by atoms with Crippen LogP contribution >= 0.6 is 0 Å². The zero-order valence-electron chi connectivity index (χ0n) is 13.4. The van der Waals surface area contributed by atoms with Crippen molar-refractivity contribution >= 4 is 11.5 Å². The highest BCUT2D eigenvalue weighted by Gasteiger charge is 2.38. The van der Waals surface area contributed by atoms with Gasteiger partial charge in [0.05, 0.1) is 6.04 Å². The van der Waals surface area contributed by atoms with Crippen molar-refractivity contribution in [1.29, 1.82) is 0 Å². The first-order chi connectivity index (χ1) is 11.5. The molecule has 0 radical (unpaired) electrons. The number of rotatable bonds is 2. The van der Waals surface area contributed by atoms with Crippen LogP contribution in [0.3, 0.4) is 0 Å². The molecule has 3 N–H and O–H groups in total. The molecule has 0 saturated carbocycles. The Bertz CT molecular complexity index is 856. The van der Waals surface area contributed by atoms with Crippen molar-refractivity contribution in [1.82, 2.24) is 0 Å². The minimum Gasteiger partial charge on any atom is -0.504 e.